The Morgan fingerprint density at radius 3 is 2.41 bits per heavy atom. The van der Waals surface area contributed by atoms with Crippen LogP contribution in [0.25, 0.3) is 0 Å². The Hall–Kier alpha value is -1.97. The molecular weight excluding hydrogens is 234 g/mol. The zero-order chi connectivity index (χ0) is 12.3. The number of anilines is 1. The molecule has 1 aromatic rings. The minimum atomic E-state index is 0.251. The fourth-order valence-electron chi connectivity index (χ4n) is 1.92. The number of halogens is 1. The van der Waals surface area contributed by atoms with Gasteiger partial charge < -0.3 is 4.90 Å². The van der Waals surface area contributed by atoms with Crippen LogP contribution in [-0.2, 0) is 0 Å². The molecular formula is C13H10ClN3. The van der Waals surface area contributed by atoms with Crippen LogP contribution in [0.4, 0.5) is 5.69 Å². The van der Waals surface area contributed by atoms with Crippen LogP contribution in [0.5, 0.6) is 0 Å². The highest BCUT2D eigenvalue weighted by atomic mass is 35.5. The first kappa shape index (κ1) is 11.5. The van der Waals surface area contributed by atoms with Crippen LogP contribution in [0, 0.1) is 22.7 Å². The van der Waals surface area contributed by atoms with Gasteiger partial charge in [0.25, 0.3) is 0 Å². The first-order chi connectivity index (χ1) is 8.24. The first-order valence-corrected chi connectivity index (χ1v) is 5.65. The van der Waals surface area contributed by atoms with E-state index in [1.165, 1.54) is 0 Å². The maximum Gasteiger partial charge on any atom is 0.130 e. The summed E-state index contributed by atoms with van der Waals surface area (Å²) in [5.74, 6) is 0. The predicted molar refractivity (Wildman–Crippen MR) is 66.5 cm³/mol. The maximum atomic E-state index is 8.81. The molecule has 0 amide bonds. The van der Waals surface area contributed by atoms with Gasteiger partial charge in [0.2, 0.25) is 0 Å². The summed E-state index contributed by atoms with van der Waals surface area (Å²) in [7, 11) is 0. The minimum absolute atomic E-state index is 0.251. The van der Waals surface area contributed by atoms with Crippen molar-refractivity contribution in [2.45, 2.75) is 6.42 Å². The molecule has 0 N–H and O–H groups in total. The molecule has 1 aliphatic heterocycles. The molecule has 0 unspecified atom stereocenters. The topological polar surface area (TPSA) is 50.8 Å². The van der Waals surface area contributed by atoms with Gasteiger partial charge in [-0.15, -0.1) is 0 Å². The van der Waals surface area contributed by atoms with E-state index in [2.05, 4.69) is 4.90 Å². The highest BCUT2D eigenvalue weighted by molar-refractivity contribution is 6.30. The van der Waals surface area contributed by atoms with Gasteiger partial charge in [-0.1, -0.05) is 11.6 Å². The van der Waals surface area contributed by atoms with Crippen LogP contribution in [0.3, 0.4) is 0 Å². The van der Waals surface area contributed by atoms with E-state index in [4.69, 9.17) is 22.1 Å². The monoisotopic (exact) mass is 243 g/mol. The summed E-state index contributed by atoms with van der Waals surface area (Å²) in [4.78, 5) is 2.14. The number of allylic oxidation sites excluding steroid dienone is 1. The number of nitriles is 2. The second-order valence-electron chi connectivity index (χ2n) is 3.85. The lowest BCUT2D eigenvalue weighted by Gasteiger charge is -2.17. The zero-order valence-corrected chi connectivity index (χ0v) is 9.91. The summed E-state index contributed by atoms with van der Waals surface area (Å²) >= 11 is 5.83. The zero-order valence-electron chi connectivity index (χ0n) is 9.15. The van der Waals surface area contributed by atoms with E-state index < -0.39 is 0 Å². The average Bonchev–Trinajstić information content (AvgIpc) is 2.81. The van der Waals surface area contributed by atoms with Crippen LogP contribution >= 0.6 is 11.6 Å². The van der Waals surface area contributed by atoms with Crippen molar-refractivity contribution in [3.63, 3.8) is 0 Å². The van der Waals surface area contributed by atoms with E-state index in [9.17, 15) is 0 Å². The second kappa shape index (κ2) is 4.91. The molecule has 2 rings (SSSR count). The van der Waals surface area contributed by atoms with Gasteiger partial charge in [-0.25, -0.2) is 0 Å². The molecule has 0 spiro atoms. The summed E-state index contributed by atoms with van der Waals surface area (Å²) in [5, 5.41) is 18.3. The van der Waals surface area contributed by atoms with E-state index in [0.717, 1.165) is 24.2 Å². The van der Waals surface area contributed by atoms with Crippen molar-refractivity contribution in [1.82, 2.24) is 0 Å². The predicted octanol–water partition coefficient (Wildman–Crippen LogP) is 2.89. The molecule has 0 aliphatic carbocycles. The molecule has 4 heteroatoms. The van der Waals surface area contributed by atoms with Crippen molar-refractivity contribution in [2.75, 3.05) is 18.0 Å². The minimum Gasteiger partial charge on any atom is -0.367 e. The number of rotatable bonds is 1. The van der Waals surface area contributed by atoms with E-state index in [-0.39, 0.29) is 5.57 Å². The van der Waals surface area contributed by atoms with Gasteiger partial charge in [0.1, 0.15) is 17.7 Å². The van der Waals surface area contributed by atoms with Gasteiger partial charge >= 0.3 is 0 Å². The molecule has 0 aromatic heterocycles. The standard InChI is InChI=1S/C13H10ClN3/c14-12-1-3-13(4-2-12)17-6-5-10(9-17)11(7-15)8-16/h1-4H,5-6,9H2. The maximum absolute atomic E-state index is 8.81. The average molecular weight is 244 g/mol. The fourth-order valence-corrected chi connectivity index (χ4v) is 2.04. The lowest BCUT2D eigenvalue weighted by molar-refractivity contribution is 0.968. The summed E-state index contributed by atoms with van der Waals surface area (Å²) in [5.41, 5.74) is 2.24. The molecule has 3 nitrogen and oxygen atoms in total. The Labute approximate surface area is 105 Å². The summed E-state index contributed by atoms with van der Waals surface area (Å²) in [6, 6.07) is 11.5. The van der Waals surface area contributed by atoms with Gasteiger partial charge in [0.15, 0.2) is 0 Å². The van der Waals surface area contributed by atoms with E-state index in [1.54, 1.807) is 0 Å². The SMILES string of the molecule is N#CC(C#N)=C1CCN(c2ccc(Cl)cc2)C1. The molecule has 84 valence electrons. The Kier molecular flexibility index (Phi) is 3.32. The van der Waals surface area contributed by atoms with E-state index >= 15 is 0 Å². The third-order valence-corrected chi connectivity index (χ3v) is 3.09. The quantitative estimate of drug-likeness (QED) is 0.713. The van der Waals surface area contributed by atoms with Gasteiger partial charge in [-0.2, -0.15) is 10.5 Å². The highest BCUT2D eigenvalue weighted by Crippen LogP contribution is 2.26. The Morgan fingerprint density at radius 1 is 1.18 bits per heavy atom. The third-order valence-electron chi connectivity index (χ3n) is 2.83. The molecule has 0 atom stereocenters. The van der Waals surface area contributed by atoms with Crippen LogP contribution in [0.1, 0.15) is 6.42 Å². The van der Waals surface area contributed by atoms with Crippen LogP contribution in [0.2, 0.25) is 5.02 Å². The number of benzene rings is 1. The third kappa shape index (κ3) is 2.41. The van der Waals surface area contributed by atoms with Crippen molar-refractivity contribution in [3.05, 3.63) is 40.4 Å². The number of hydrogen-bond donors (Lipinski definition) is 0. The lowest BCUT2D eigenvalue weighted by Crippen LogP contribution is -2.17. The Bertz CT molecular complexity index is 515. The first-order valence-electron chi connectivity index (χ1n) is 5.27. The van der Waals surface area contributed by atoms with E-state index in [1.807, 2.05) is 36.4 Å². The van der Waals surface area contributed by atoms with Gasteiger partial charge in [0.05, 0.1) is 0 Å². The van der Waals surface area contributed by atoms with Gasteiger partial charge in [-0.3, -0.25) is 0 Å². The van der Waals surface area contributed by atoms with Gasteiger partial charge in [0, 0.05) is 23.8 Å². The fraction of sp³-hybridized carbons (Fsp3) is 0.231. The highest BCUT2D eigenvalue weighted by Gasteiger charge is 2.20. The molecule has 1 fully saturated rings. The molecule has 1 aromatic carbocycles. The number of nitrogens with zero attached hydrogens (tertiary/aromatic N) is 3. The molecule has 1 heterocycles. The largest absolute Gasteiger partial charge is 0.367 e. The van der Waals surface area contributed by atoms with Gasteiger partial charge in [-0.05, 0) is 36.3 Å². The van der Waals surface area contributed by atoms with Crippen LogP contribution in [-0.4, -0.2) is 13.1 Å². The summed E-state index contributed by atoms with van der Waals surface area (Å²) in [6.45, 7) is 1.49. The number of hydrogen-bond acceptors (Lipinski definition) is 3. The van der Waals surface area contributed by atoms with Crippen molar-refractivity contribution in [1.29, 1.82) is 10.5 Å². The van der Waals surface area contributed by atoms with E-state index in [0.29, 0.717) is 11.6 Å². The lowest BCUT2D eigenvalue weighted by atomic mass is 10.1. The van der Waals surface area contributed by atoms with Crippen LogP contribution < -0.4 is 4.90 Å². The molecule has 1 saturated heterocycles. The van der Waals surface area contributed by atoms with Crippen LogP contribution in [0.15, 0.2) is 35.4 Å². The molecule has 17 heavy (non-hydrogen) atoms. The van der Waals surface area contributed by atoms with Crippen molar-refractivity contribution >= 4 is 17.3 Å². The molecule has 1 aliphatic rings. The normalized spacial score (nSPS) is 14.3. The molecule has 0 radical (unpaired) electrons. The Morgan fingerprint density at radius 2 is 1.82 bits per heavy atom. The summed E-state index contributed by atoms with van der Waals surface area (Å²) in [6.07, 6.45) is 0.777. The van der Waals surface area contributed by atoms with Crippen molar-refractivity contribution in [3.8, 4) is 12.1 Å². The molecule has 0 bridgehead atoms. The Balaban J connectivity index is 2.19. The van der Waals surface area contributed by atoms with Crippen molar-refractivity contribution < 1.29 is 0 Å². The van der Waals surface area contributed by atoms with Crippen molar-refractivity contribution in [2.24, 2.45) is 0 Å². The molecule has 0 saturated carbocycles. The summed E-state index contributed by atoms with van der Waals surface area (Å²) < 4.78 is 0. The second-order valence-corrected chi connectivity index (χ2v) is 4.29. The smallest absolute Gasteiger partial charge is 0.130 e.